The number of carbonyl (C=O) groups is 2. The van der Waals surface area contributed by atoms with Crippen molar-refractivity contribution in [3.05, 3.63) is 109 Å². The summed E-state index contributed by atoms with van der Waals surface area (Å²) in [5.41, 5.74) is 8.68. The lowest BCUT2D eigenvalue weighted by molar-refractivity contribution is 0.0985. The van der Waals surface area contributed by atoms with Crippen molar-refractivity contribution >= 4 is 60.4 Å². The van der Waals surface area contributed by atoms with E-state index in [0.29, 0.717) is 105 Å². The molecule has 0 bridgehead atoms. The SMILES string of the molecule is C[C@H]1COCCN1c1cc(C2(S(C)(=O)=O)CC2)nc(-c2ccc(N(C(N)=O)N(C(=O)Nc3cnn(C)c3)c3ccc(-c4nc(N5CCOC[C@@H]5C)cc(C5(S(=O)(=O)c6ccccn6)CC5)n4)cc3)cc2)n1. The van der Waals surface area contributed by atoms with E-state index >= 15 is 0 Å². The van der Waals surface area contributed by atoms with Crippen molar-refractivity contribution in [2.24, 2.45) is 12.8 Å². The maximum Gasteiger partial charge on any atom is 0.346 e. The van der Waals surface area contributed by atoms with Crippen LogP contribution < -0.4 is 30.9 Å². The number of primary amides is 1. The summed E-state index contributed by atoms with van der Waals surface area (Å²) in [7, 11) is -5.79. The van der Waals surface area contributed by atoms with Gasteiger partial charge in [-0.1, -0.05) is 6.07 Å². The van der Waals surface area contributed by atoms with Crippen LogP contribution in [0.5, 0.6) is 0 Å². The summed E-state index contributed by atoms with van der Waals surface area (Å²) in [5.74, 6) is 1.65. The molecule has 2 aliphatic heterocycles. The first-order valence-electron chi connectivity index (χ1n) is 23.2. The average Bonchev–Trinajstić information content (AvgIpc) is 4.31. The van der Waals surface area contributed by atoms with Crippen LogP contribution in [0.1, 0.15) is 50.9 Å². The number of nitrogens with one attached hydrogen (secondary N) is 1. The second-order valence-corrected chi connectivity index (χ2v) is 23.0. The third-order valence-corrected chi connectivity index (χ3v) is 18.0. The number of amides is 4. The molecule has 2 atom stereocenters. The van der Waals surface area contributed by atoms with Crippen molar-refractivity contribution in [3.8, 4) is 22.8 Å². The lowest BCUT2D eigenvalue weighted by Crippen LogP contribution is -2.54. The van der Waals surface area contributed by atoms with Gasteiger partial charge in [0.25, 0.3) is 0 Å². The van der Waals surface area contributed by atoms with Crippen LogP contribution in [0.15, 0.2) is 102 Å². The Balaban J connectivity index is 1.02. The molecule has 2 saturated heterocycles. The average molecular weight is 1000 g/mol. The molecule has 4 aliphatic rings. The molecule has 0 spiro atoms. The van der Waals surface area contributed by atoms with Gasteiger partial charge in [-0.3, -0.25) is 4.68 Å². The highest BCUT2D eigenvalue weighted by Crippen LogP contribution is 2.55. The number of sulfone groups is 2. The van der Waals surface area contributed by atoms with Gasteiger partial charge in [-0.05, 0) is 100 Å². The molecule has 3 N–H and O–H groups in total. The number of pyridine rings is 1. The largest absolute Gasteiger partial charge is 0.377 e. The van der Waals surface area contributed by atoms with Crippen molar-refractivity contribution in [1.29, 1.82) is 0 Å². The minimum atomic E-state index is -3.96. The fraction of sp³-hybridized carbons (Fsp3) is 0.375. The van der Waals surface area contributed by atoms with Gasteiger partial charge in [0, 0.05) is 62.0 Å². The molecule has 23 heteroatoms. The predicted molar refractivity (Wildman–Crippen MR) is 265 cm³/mol. The Morgan fingerprint density at radius 3 is 1.69 bits per heavy atom. The molecule has 6 aromatic rings. The molecule has 4 aromatic heterocycles. The smallest absolute Gasteiger partial charge is 0.346 e. The number of aromatic nitrogens is 7. The third kappa shape index (κ3) is 8.91. The number of hydrazine groups is 1. The van der Waals surface area contributed by atoms with Gasteiger partial charge in [0.2, 0.25) is 9.84 Å². The van der Waals surface area contributed by atoms with E-state index in [1.54, 1.807) is 86.0 Å². The van der Waals surface area contributed by atoms with Crippen molar-refractivity contribution in [2.45, 2.75) is 66.1 Å². The van der Waals surface area contributed by atoms with Crippen LogP contribution in [0.3, 0.4) is 0 Å². The van der Waals surface area contributed by atoms with Crippen LogP contribution in [0, 0.1) is 0 Å². The molecule has 2 saturated carbocycles. The summed E-state index contributed by atoms with van der Waals surface area (Å²) in [6.07, 6.45) is 7.31. The van der Waals surface area contributed by atoms with Gasteiger partial charge in [-0.2, -0.15) is 15.1 Å². The third-order valence-electron chi connectivity index (χ3n) is 13.5. The molecule has 10 rings (SSSR count). The van der Waals surface area contributed by atoms with E-state index in [9.17, 15) is 26.4 Å². The summed E-state index contributed by atoms with van der Waals surface area (Å²) >= 11 is 0. The number of hydrogen-bond donors (Lipinski definition) is 2. The summed E-state index contributed by atoms with van der Waals surface area (Å²) in [4.78, 5) is 56.1. The Labute approximate surface area is 410 Å². The molecule has 0 unspecified atom stereocenters. The number of ether oxygens (including phenoxy) is 2. The minimum absolute atomic E-state index is 0.0254. The Bertz CT molecular complexity index is 3230. The Hall–Kier alpha value is -7.08. The van der Waals surface area contributed by atoms with Crippen LogP contribution in [-0.4, -0.2) is 121 Å². The van der Waals surface area contributed by atoms with Gasteiger partial charge in [0.05, 0.1) is 73.2 Å². The second kappa shape index (κ2) is 18.3. The highest BCUT2D eigenvalue weighted by molar-refractivity contribution is 7.92. The van der Waals surface area contributed by atoms with E-state index in [1.165, 1.54) is 29.4 Å². The Morgan fingerprint density at radius 1 is 0.732 bits per heavy atom. The highest BCUT2D eigenvalue weighted by Gasteiger charge is 2.59. The van der Waals surface area contributed by atoms with Gasteiger partial charge in [0.1, 0.15) is 21.1 Å². The first kappa shape index (κ1) is 47.6. The van der Waals surface area contributed by atoms with E-state index in [0.717, 1.165) is 10.0 Å². The molecule has 4 fully saturated rings. The molecule has 2 aliphatic carbocycles. The van der Waals surface area contributed by atoms with E-state index in [-0.39, 0.29) is 40.1 Å². The van der Waals surface area contributed by atoms with Crippen LogP contribution in [0.4, 0.5) is 38.3 Å². The molecule has 21 nitrogen and oxygen atoms in total. The van der Waals surface area contributed by atoms with Gasteiger partial charge in [0.15, 0.2) is 26.5 Å². The number of morpholine rings is 2. The minimum Gasteiger partial charge on any atom is -0.377 e. The molecule has 2 aromatic carbocycles. The molecular formula is C48H53N13O8S2. The zero-order chi connectivity index (χ0) is 49.9. The fourth-order valence-electron chi connectivity index (χ4n) is 9.27. The summed E-state index contributed by atoms with van der Waals surface area (Å²) in [6, 6.07) is 19.6. The first-order valence-corrected chi connectivity index (χ1v) is 26.6. The fourth-order valence-corrected chi connectivity index (χ4v) is 12.5. The monoisotopic (exact) mass is 1000 g/mol. The van der Waals surface area contributed by atoms with Crippen LogP contribution in [0.25, 0.3) is 22.8 Å². The van der Waals surface area contributed by atoms with Gasteiger partial charge in [-0.15, -0.1) is 0 Å². The van der Waals surface area contributed by atoms with Crippen molar-refractivity contribution < 1.29 is 35.9 Å². The van der Waals surface area contributed by atoms with Gasteiger partial charge < -0.3 is 30.3 Å². The maximum absolute atomic E-state index is 14.5. The quantitative estimate of drug-likeness (QED) is 0.149. The molecule has 370 valence electrons. The standard InChI is InChI=1S/C48H53N13O8S2/c1-31-29-68-23-21-58(31)40-25-38(47(16-17-47)70(4,64)65)53-43(55-40)33-8-12-36(13-9-33)60(45(49)62)61(46(63)52-35-27-51-57(3)28-35)37-14-10-34(11-15-37)44-54-39(26-41(56-44)59-22-24-69-30-32(59)2)48(18-19-48)71(66,67)42-7-5-6-20-50-42/h5-15,20,25-28,31-32H,16-19,21-24,29-30H2,1-4H3,(H2,49,62)(H,52,63)/t31-,32-/m0/s1. The number of anilines is 5. The summed E-state index contributed by atoms with van der Waals surface area (Å²) in [5, 5.41) is 9.04. The Morgan fingerprint density at radius 2 is 1.25 bits per heavy atom. The number of hydrogen-bond acceptors (Lipinski definition) is 16. The van der Waals surface area contributed by atoms with E-state index in [4.69, 9.17) is 35.1 Å². The Kier molecular flexibility index (Phi) is 12.2. The van der Waals surface area contributed by atoms with Crippen molar-refractivity contribution in [3.63, 3.8) is 0 Å². The van der Waals surface area contributed by atoms with E-state index in [2.05, 4.69) is 25.2 Å². The number of aryl methyl sites for hydroxylation is 1. The lowest BCUT2D eigenvalue weighted by Gasteiger charge is -2.35. The number of nitrogens with zero attached hydrogens (tertiary/aromatic N) is 11. The summed E-state index contributed by atoms with van der Waals surface area (Å²) < 4.78 is 65.2. The van der Waals surface area contributed by atoms with Crippen LogP contribution in [-0.2, 0) is 45.7 Å². The second-order valence-electron chi connectivity index (χ2n) is 18.4. The number of urea groups is 2. The van der Waals surface area contributed by atoms with E-state index in [1.807, 2.05) is 13.8 Å². The normalized spacial score (nSPS) is 19.4. The summed E-state index contributed by atoms with van der Waals surface area (Å²) in [6.45, 7) is 6.99. The number of carbonyl (C=O) groups excluding carboxylic acids is 2. The first-order chi connectivity index (χ1) is 34.0. The molecule has 4 amide bonds. The van der Waals surface area contributed by atoms with Crippen LogP contribution in [0.2, 0.25) is 0 Å². The number of benzene rings is 2. The topological polar surface area (TPSA) is 254 Å². The maximum atomic E-state index is 14.5. The number of nitrogens with two attached hydrogens (primary N) is 1. The zero-order valence-corrected chi connectivity index (χ0v) is 41.2. The number of rotatable bonds is 12. The molecule has 0 radical (unpaired) electrons. The van der Waals surface area contributed by atoms with Gasteiger partial charge in [-0.25, -0.2) is 51.3 Å². The molecule has 71 heavy (non-hydrogen) atoms. The van der Waals surface area contributed by atoms with E-state index < -0.39 is 41.2 Å². The van der Waals surface area contributed by atoms with Crippen LogP contribution >= 0.6 is 0 Å². The van der Waals surface area contributed by atoms with Gasteiger partial charge >= 0.3 is 12.1 Å². The molecular weight excluding hydrogens is 951 g/mol. The van der Waals surface area contributed by atoms with Crippen molar-refractivity contribution in [1.82, 2.24) is 34.7 Å². The highest BCUT2D eigenvalue weighted by atomic mass is 32.2. The zero-order valence-electron chi connectivity index (χ0n) is 39.5. The lowest BCUT2D eigenvalue weighted by atomic mass is 10.1. The van der Waals surface area contributed by atoms with Crippen molar-refractivity contribution in [2.75, 3.05) is 70.9 Å². The molecule has 6 heterocycles. The predicted octanol–water partition coefficient (Wildman–Crippen LogP) is 5.21.